The van der Waals surface area contributed by atoms with Crippen molar-refractivity contribution < 1.29 is 4.79 Å². The van der Waals surface area contributed by atoms with Crippen molar-refractivity contribution >= 4 is 11.9 Å². The number of rotatable bonds is 5. The minimum absolute atomic E-state index is 0.160. The second-order valence-electron chi connectivity index (χ2n) is 7.53. The summed E-state index contributed by atoms with van der Waals surface area (Å²) in [5, 5.41) is 0. The van der Waals surface area contributed by atoms with Gasteiger partial charge < -0.3 is 4.90 Å². The molecule has 4 rings (SSSR count). The van der Waals surface area contributed by atoms with Gasteiger partial charge in [-0.05, 0) is 68.9 Å². The van der Waals surface area contributed by atoms with Crippen LogP contribution in [0, 0.1) is 13.8 Å². The second kappa shape index (κ2) is 7.56. The molecule has 0 aliphatic carbocycles. The molecule has 3 aromatic heterocycles. The number of aldehydes is 1. The fourth-order valence-electron chi connectivity index (χ4n) is 3.45. The highest BCUT2D eigenvalue weighted by atomic mass is 16.1. The summed E-state index contributed by atoms with van der Waals surface area (Å²) < 4.78 is 2.03. The number of nitrogens with zero attached hydrogens (tertiary/aromatic N) is 5. The van der Waals surface area contributed by atoms with Crippen LogP contribution in [0.1, 0.15) is 27.3 Å². The maximum absolute atomic E-state index is 11.2. The van der Waals surface area contributed by atoms with E-state index in [-0.39, 0.29) is 5.82 Å². The highest BCUT2D eigenvalue weighted by molar-refractivity contribution is 5.82. The molecule has 6 nitrogen and oxygen atoms in total. The highest BCUT2D eigenvalue weighted by Crippen LogP contribution is 2.33. The van der Waals surface area contributed by atoms with E-state index in [0.29, 0.717) is 12.0 Å². The Labute approximate surface area is 169 Å². The lowest BCUT2D eigenvalue weighted by Gasteiger charge is -2.10. The molecule has 6 heteroatoms. The maximum Gasteiger partial charge on any atom is 0.193 e. The van der Waals surface area contributed by atoms with Crippen LogP contribution < -0.4 is 0 Å². The van der Waals surface area contributed by atoms with Gasteiger partial charge in [-0.2, -0.15) is 0 Å². The first-order valence-electron chi connectivity index (χ1n) is 9.48. The van der Waals surface area contributed by atoms with Gasteiger partial charge in [-0.1, -0.05) is 12.1 Å². The van der Waals surface area contributed by atoms with Crippen molar-refractivity contribution in [3.63, 3.8) is 0 Å². The molecule has 29 heavy (non-hydrogen) atoms. The average molecular weight is 385 g/mol. The van der Waals surface area contributed by atoms with E-state index in [2.05, 4.69) is 59.0 Å². The average Bonchev–Trinajstić information content (AvgIpc) is 3.08. The molecule has 146 valence electrons. The molecule has 0 aliphatic rings. The fourth-order valence-corrected chi connectivity index (χ4v) is 3.45. The summed E-state index contributed by atoms with van der Waals surface area (Å²) in [5.74, 6) is 0.160. The standard InChI is InChI=1S/C23H23N5O/c1-15-5-6-18(11-16(15)2)22-23(19-7-9-24-20(14-29)25-19)28-10-8-17(13-27(3)4)12-21(28)26-22/h5-12,14H,13H2,1-4H3. The topological polar surface area (TPSA) is 63.4 Å². The van der Waals surface area contributed by atoms with Gasteiger partial charge in [0.2, 0.25) is 0 Å². The summed E-state index contributed by atoms with van der Waals surface area (Å²) in [6, 6.07) is 12.3. The van der Waals surface area contributed by atoms with E-state index in [1.165, 1.54) is 16.7 Å². The summed E-state index contributed by atoms with van der Waals surface area (Å²) >= 11 is 0. The van der Waals surface area contributed by atoms with Crippen LogP contribution in [0.25, 0.3) is 28.3 Å². The lowest BCUT2D eigenvalue weighted by Crippen LogP contribution is -2.10. The molecular weight excluding hydrogens is 362 g/mol. The lowest BCUT2D eigenvalue weighted by atomic mass is 10.0. The third-order valence-corrected chi connectivity index (χ3v) is 4.99. The van der Waals surface area contributed by atoms with Gasteiger partial charge in [0.1, 0.15) is 5.65 Å². The third kappa shape index (κ3) is 3.67. The van der Waals surface area contributed by atoms with E-state index in [1.54, 1.807) is 6.20 Å². The number of aromatic nitrogens is 4. The van der Waals surface area contributed by atoms with E-state index in [4.69, 9.17) is 4.98 Å². The largest absolute Gasteiger partial charge is 0.305 e. The molecule has 1 aromatic carbocycles. The zero-order chi connectivity index (χ0) is 20.5. The third-order valence-electron chi connectivity index (χ3n) is 4.99. The molecule has 0 bridgehead atoms. The van der Waals surface area contributed by atoms with Crippen molar-refractivity contribution in [1.29, 1.82) is 0 Å². The van der Waals surface area contributed by atoms with E-state index in [1.807, 2.05) is 30.8 Å². The van der Waals surface area contributed by atoms with E-state index >= 15 is 0 Å². The zero-order valence-corrected chi connectivity index (χ0v) is 17.0. The number of fused-ring (bicyclic) bond motifs is 1. The normalized spacial score (nSPS) is 11.3. The van der Waals surface area contributed by atoms with E-state index in [9.17, 15) is 4.79 Å². The van der Waals surface area contributed by atoms with Crippen LogP contribution in [-0.4, -0.2) is 44.6 Å². The van der Waals surface area contributed by atoms with Gasteiger partial charge in [0.25, 0.3) is 0 Å². The van der Waals surface area contributed by atoms with Crippen LogP contribution in [0.15, 0.2) is 48.8 Å². The van der Waals surface area contributed by atoms with Crippen LogP contribution in [0.2, 0.25) is 0 Å². The summed E-state index contributed by atoms with van der Waals surface area (Å²) in [7, 11) is 4.09. The van der Waals surface area contributed by atoms with Crippen molar-refractivity contribution in [2.24, 2.45) is 0 Å². The van der Waals surface area contributed by atoms with Crippen molar-refractivity contribution in [2.75, 3.05) is 14.1 Å². The van der Waals surface area contributed by atoms with Gasteiger partial charge in [0, 0.05) is 24.5 Å². The predicted molar refractivity (Wildman–Crippen MR) is 114 cm³/mol. The minimum atomic E-state index is 0.160. The van der Waals surface area contributed by atoms with Crippen LogP contribution in [0.4, 0.5) is 0 Å². The number of hydrogen-bond donors (Lipinski definition) is 0. The number of benzene rings is 1. The molecule has 0 N–H and O–H groups in total. The van der Waals surface area contributed by atoms with Gasteiger partial charge in [-0.15, -0.1) is 0 Å². The Bertz CT molecular complexity index is 1210. The summed E-state index contributed by atoms with van der Waals surface area (Å²) in [5.41, 5.74) is 7.85. The van der Waals surface area contributed by atoms with Crippen LogP contribution in [-0.2, 0) is 6.54 Å². The van der Waals surface area contributed by atoms with Gasteiger partial charge in [-0.3, -0.25) is 9.20 Å². The molecule has 0 amide bonds. The number of pyridine rings is 1. The summed E-state index contributed by atoms with van der Waals surface area (Å²) in [4.78, 5) is 26.7. The SMILES string of the molecule is Cc1ccc(-c2nc3cc(CN(C)C)ccn3c2-c2ccnc(C=O)n2)cc1C. The molecule has 0 aliphatic heterocycles. The smallest absolute Gasteiger partial charge is 0.193 e. The predicted octanol–water partition coefficient (Wildman–Crippen LogP) is 3.95. The van der Waals surface area contributed by atoms with Crippen LogP contribution in [0.5, 0.6) is 0 Å². The molecule has 0 spiro atoms. The van der Waals surface area contributed by atoms with Crippen molar-refractivity contribution in [1.82, 2.24) is 24.3 Å². The minimum Gasteiger partial charge on any atom is -0.305 e. The van der Waals surface area contributed by atoms with Crippen molar-refractivity contribution in [3.8, 4) is 22.6 Å². The van der Waals surface area contributed by atoms with Gasteiger partial charge >= 0.3 is 0 Å². The van der Waals surface area contributed by atoms with Crippen molar-refractivity contribution in [3.05, 3.63) is 71.3 Å². The summed E-state index contributed by atoms with van der Waals surface area (Å²) in [6.45, 7) is 5.02. The first-order valence-corrected chi connectivity index (χ1v) is 9.48. The quantitative estimate of drug-likeness (QED) is 0.487. The van der Waals surface area contributed by atoms with Crippen molar-refractivity contribution in [2.45, 2.75) is 20.4 Å². The number of imidazole rings is 1. The number of aryl methyl sites for hydroxylation is 2. The Morgan fingerprint density at radius 1 is 1.03 bits per heavy atom. The molecule has 4 aromatic rings. The van der Waals surface area contributed by atoms with Crippen LogP contribution >= 0.6 is 0 Å². The highest BCUT2D eigenvalue weighted by Gasteiger charge is 2.18. The van der Waals surface area contributed by atoms with Gasteiger partial charge in [0.05, 0.1) is 17.1 Å². The monoisotopic (exact) mass is 385 g/mol. The maximum atomic E-state index is 11.2. The van der Waals surface area contributed by atoms with Gasteiger partial charge in [-0.25, -0.2) is 15.0 Å². The zero-order valence-electron chi connectivity index (χ0n) is 17.0. The molecule has 0 saturated carbocycles. The molecule has 0 radical (unpaired) electrons. The Kier molecular flexibility index (Phi) is 4.94. The molecule has 0 fully saturated rings. The summed E-state index contributed by atoms with van der Waals surface area (Å²) in [6.07, 6.45) is 4.29. The number of carbonyl (C=O) groups excluding carboxylic acids is 1. The van der Waals surface area contributed by atoms with E-state index < -0.39 is 0 Å². The first-order chi connectivity index (χ1) is 14.0. The Morgan fingerprint density at radius 2 is 1.86 bits per heavy atom. The second-order valence-corrected chi connectivity index (χ2v) is 7.53. The fraction of sp³-hybridized carbons (Fsp3) is 0.217. The lowest BCUT2D eigenvalue weighted by molar-refractivity contribution is 0.111. The Hall–Kier alpha value is -3.38. The molecule has 0 saturated heterocycles. The molecular formula is C23H23N5O. The molecule has 0 atom stereocenters. The Morgan fingerprint density at radius 3 is 2.59 bits per heavy atom. The van der Waals surface area contributed by atoms with Gasteiger partial charge in [0.15, 0.2) is 12.1 Å². The number of hydrogen-bond acceptors (Lipinski definition) is 5. The molecule has 0 unspecified atom stereocenters. The van der Waals surface area contributed by atoms with E-state index in [0.717, 1.165) is 29.1 Å². The first kappa shape index (κ1) is 19.0. The Balaban J connectivity index is 1.98. The van der Waals surface area contributed by atoms with Crippen LogP contribution in [0.3, 0.4) is 0 Å². The number of carbonyl (C=O) groups is 1. The molecule has 3 heterocycles.